The van der Waals surface area contributed by atoms with Crippen molar-refractivity contribution in [3.63, 3.8) is 0 Å². The molecule has 11 heteroatoms. The number of hydrogen-bond acceptors (Lipinski definition) is 7. The van der Waals surface area contributed by atoms with Crippen LogP contribution >= 0.6 is 34.5 Å². The first kappa shape index (κ1) is 24.2. The summed E-state index contributed by atoms with van der Waals surface area (Å²) in [7, 11) is 1.18. The first-order valence-corrected chi connectivity index (χ1v) is 10.9. The van der Waals surface area contributed by atoms with Crippen LogP contribution in [0.2, 0.25) is 9.49 Å². The molecule has 0 radical (unpaired) electrons. The Kier molecular flexibility index (Phi) is 8.05. The molecule has 1 heterocycles. The van der Waals surface area contributed by atoms with Crippen molar-refractivity contribution in [2.45, 2.75) is 6.54 Å². The number of phenols is 1. The van der Waals surface area contributed by atoms with Crippen LogP contribution in [-0.4, -0.2) is 35.0 Å². The van der Waals surface area contributed by atoms with E-state index in [0.717, 1.165) is 16.9 Å². The van der Waals surface area contributed by atoms with E-state index in [-0.39, 0.29) is 38.6 Å². The molecule has 3 rings (SSSR count). The molecule has 3 aromatic rings. The zero-order chi connectivity index (χ0) is 24.0. The van der Waals surface area contributed by atoms with Crippen LogP contribution in [0.3, 0.4) is 0 Å². The number of rotatable bonds is 7. The van der Waals surface area contributed by atoms with Crippen LogP contribution in [0.25, 0.3) is 6.08 Å². The van der Waals surface area contributed by atoms with Gasteiger partial charge in [-0.05, 0) is 42.0 Å². The largest absolute Gasteiger partial charge is 0.508 e. The van der Waals surface area contributed by atoms with Gasteiger partial charge in [0.2, 0.25) is 0 Å². The summed E-state index contributed by atoms with van der Waals surface area (Å²) in [6.07, 6.45) is 2.82. The first-order valence-electron chi connectivity index (χ1n) is 9.35. The number of aromatic hydroxyl groups is 1. The second kappa shape index (κ2) is 11.0. The lowest BCUT2D eigenvalue weighted by molar-refractivity contribution is -0.136. The average molecular weight is 506 g/mol. The third kappa shape index (κ3) is 6.55. The van der Waals surface area contributed by atoms with E-state index in [9.17, 15) is 19.5 Å². The Bertz CT molecular complexity index is 1240. The molecule has 0 spiro atoms. The van der Waals surface area contributed by atoms with Gasteiger partial charge in [0.1, 0.15) is 11.4 Å². The molecular formula is C22H17Cl2N3O5S. The number of benzene rings is 2. The van der Waals surface area contributed by atoms with Gasteiger partial charge in [0.25, 0.3) is 11.8 Å². The van der Waals surface area contributed by atoms with Crippen LogP contribution in [0, 0.1) is 0 Å². The Balaban J connectivity index is 1.72. The topological polar surface area (TPSA) is 118 Å². The zero-order valence-electron chi connectivity index (χ0n) is 17.1. The highest BCUT2D eigenvalue weighted by atomic mass is 35.5. The average Bonchev–Trinajstić information content (AvgIpc) is 3.20. The van der Waals surface area contributed by atoms with E-state index in [1.54, 1.807) is 12.1 Å². The third-order valence-corrected chi connectivity index (χ3v) is 5.65. The molecule has 2 amide bonds. The molecule has 0 saturated heterocycles. The number of carbonyl (C=O) groups excluding carboxylic acids is 3. The summed E-state index contributed by atoms with van der Waals surface area (Å²) in [5, 5.41) is 14.7. The van der Waals surface area contributed by atoms with Crippen LogP contribution in [0.5, 0.6) is 5.75 Å². The highest BCUT2D eigenvalue weighted by Gasteiger charge is 2.19. The molecule has 0 aliphatic carbocycles. The van der Waals surface area contributed by atoms with Crippen LogP contribution in [0.1, 0.15) is 31.2 Å². The van der Waals surface area contributed by atoms with Crippen LogP contribution in [-0.2, 0) is 16.1 Å². The van der Waals surface area contributed by atoms with Gasteiger partial charge in [0.05, 0.1) is 22.6 Å². The fraction of sp³-hybridized carbons (Fsp3) is 0.0909. The van der Waals surface area contributed by atoms with Gasteiger partial charge in [-0.25, -0.2) is 9.78 Å². The van der Waals surface area contributed by atoms with Crippen molar-refractivity contribution in [2.75, 3.05) is 7.11 Å². The SMILES string of the molecule is COC(=O)C(=Cc1cnc(Cl)s1)NC(=O)c1ccc(C(=O)NCc2cccc(O)c2)cc1Cl. The summed E-state index contributed by atoms with van der Waals surface area (Å²) in [6, 6.07) is 10.6. The summed E-state index contributed by atoms with van der Waals surface area (Å²) in [5.74, 6) is -1.76. The number of aromatic nitrogens is 1. The highest BCUT2D eigenvalue weighted by molar-refractivity contribution is 7.16. The smallest absolute Gasteiger partial charge is 0.354 e. The lowest BCUT2D eigenvalue weighted by Gasteiger charge is -2.10. The van der Waals surface area contributed by atoms with Crippen molar-refractivity contribution in [3.05, 3.63) is 85.4 Å². The molecule has 0 unspecified atom stereocenters. The number of halogens is 2. The molecule has 0 fully saturated rings. The number of phenolic OH excluding ortho intramolecular Hbond substituents is 1. The molecule has 1 aromatic heterocycles. The number of esters is 1. The normalized spacial score (nSPS) is 11.1. The van der Waals surface area contributed by atoms with E-state index >= 15 is 0 Å². The predicted octanol–water partition coefficient (Wildman–Crippen LogP) is 4.03. The monoisotopic (exact) mass is 505 g/mol. The van der Waals surface area contributed by atoms with Gasteiger partial charge in [0, 0.05) is 18.3 Å². The van der Waals surface area contributed by atoms with Crippen molar-refractivity contribution in [3.8, 4) is 5.75 Å². The standard InChI is InChI=1S/C22H17Cl2N3O5S/c1-32-21(31)18(9-15-11-26-22(24)33-15)27-20(30)16-6-5-13(8-17(16)23)19(29)25-10-12-3-2-4-14(28)7-12/h2-9,11,28H,10H2,1H3,(H,25,29)(H,27,30). The van der Waals surface area contributed by atoms with Gasteiger partial charge in [-0.3, -0.25) is 9.59 Å². The lowest BCUT2D eigenvalue weighted by atomic mass is 10.1. The van der Waals surface area contributed by atoms with Crippen molar-refractivity contribution in [1.82, 2.24) is 15.6 Å². The molecule has 0 aliphatic heterocycles. The summed E-state index contributed by atoms with van der Waals surface area (Å²) in [5.41, 5.74) is 0.875. The molecule has 33 heavy (non-hydrogen) atoms. The molecule has 3 N–H and O–H groups in total. The van der Waals surface area contributed by atoms with Gasteiger partial charge in [0.15, 0.2) is 4.47 Å². The molecule has 0 atom stereocenters. The van der Waals surface area contributed by atoms with Gasteiger partial charge < -0.3 is 20.5 Å². The second-order valence-electron chi connectivity index (χ2n) is 6.57. The van der Waals surface area contributed by atoms with E-state index in [4.69, 9.17) is 27.9 Å². The highest BCUT2D eigenvalue weighted by Crippen LogP contribution is 2.22. The van der Waals surface area contributed by atoms with Crippen LogP contribution in [0.15, 0.2) is 54.4 Å². The molecule has 2 aromatic carbocycles. The molecular weight excluding hydrogens is 489 g/mol. The fourth-order valence-electron chi connectivity index (χ4n) is 2.71. The number of hydrogen-bond donors (Lipinski definition) is 3. The maximum Gasteiger partial charge on any atom is 0.354 e. The van der Waals surface area contributed by atoms with Crippen LogP contribution < -0.4 is 10.6 Å². The second-order valence-corrected chi connectivity index (χ2v) is 8.62. The maximum atomic E-state index is 12.7. The number of nitrogens with one attached hydrogen (secondary N) is 2. The fourth-order valence-corrected chi connectivity index (χ4v) is 3.87. The van der Waals surface area contributed by atoms with Crippen molar-refractivity contribution in [1.29, 1.82) is 0 Å². The number of amides is 2. The Hall–Kier alpha value is -3.40. The number of ether oxygens (including phenoxy) is 1. The van der Waals surface area contributed by atoms with Gasteiger partial charge in [-0.15, -0.1) is 11.3 Å². The van der Waals surface area contributed by atoms with Gasteiger partial charge in [-0.1, -0.05) is 35.3 Å². The van der Waals surface area contributed by atoms with E-state index in [2.05, 4.69) is 15.6 Å². The molecule has 0 bridgehead atoms. The number of carbonyl (C=O) groups is 3. The lowest BCUT2D eigenvalue weighted by Crippen LogP contribution is -2.28. The Morgan fingerprint density at radius 1 is 1.15 bits per heavy atom. The van der Waals surface area contributed by atoms with E-state index in [1.807, 2.05) is 0 Å². The number of thiazole rings is 1. The Morgan fingerprint density at radius 3 is 2.58 bits per heavy atom. The molecule has 170 valence electrons. The van der Waals surface area contributed by atoms with E-state index in [1.165, 1.54) is 49.7 Å². The van der Waals surface area contributed by atoms with E-state index in [0.29, 0.717) is 4.88 Å². The Labute approximate surface area is 202 Å². The molecule has 0 aliphatic rings. The molecule has 0 saturated carbocycles. The van der Waals surface area contributed by atoms with Gasteiger partial charge in [-0.2, -0.15) is 0 Å². The molecule has 8 nitrogen and oxygen atoms in total. The Morgan fingerprint density at radius 2 is 1.94 bits per heavy atom. The summed E-state index contributed by atoms with van der Waals surface area (Å²) < 4.78 is 4.98. The van der Waals surface area contributed by atoms with Gasteiger partial charge >= 0.3 is 5.97 Å². The summed E-state index contributed by atoms with van der Waals surface area (Å²) in [4.78, 5) is 41.6. The minimum atomic E-state index is -0.771. The van der Waals surface area contributed by atoms with Crippen molar-refractivity contribution >= 4 is 58.4 Å². The zero-order valence-corrected chi connectivity index (χ0v) is 19.4. The number of nitrogens with zero attached hydrogens (tertiary/aromatic N) is 1. The van der Waals surface area contributed by atoms with Crippen molar-refractivity contribution in [2.24, 2.45) is 0 Å². The number of methoxy groups -OCH3 is 1. The summed E-state index contributed by atoms with van der Waals surface area (Å²) in [6.45, 7) is 0.196. The maximum absolute atomic E-state index is 12.7. The first-order chi connectivity index (χ1) is 15.8. The predicted molar refractivity (Wildman–Crippen MR) is 125 cm³/mol. The minimum absolute atomic E-state index is 0.0163. The van der Waals surface area contributed by atoms with Crippen LogP contribution in [0.4, 0.5) is 0 Å². The van der Waals surface area contributed by atoms with E-state index < -0.39 is 17.8 Å². The van der Waals surface area contributed by atoms with Crippen molar-refractivity contribution < 1.29 is 24.2 Å². The minimum Gasteiger partial charge on any atom is -0.508 e. The summed E-state index contributed by atoms with van der Waals surface area (Å²) >= 11 is 13.1. The quantitative estimate of drug-likeness (QED) is 0.329. The third-order valence-electron chi connectivity index (χ3n) is 4.27.